The molecule has 2 rings (SSSR count). The van der Waals surface area contributed by atoms with Crippen LogP contribution in [0.25, 0.3) is 0 Å². The largest absolute Gasteiger partial charge is 0.385 e. The van der Waals surface area contributed by atoms with Gasteiger partial charge >= 0.3 is 0 Å². The third-order valence-electron chi connectivity index (χ3n) is 3.51. The van der Waals surface area contributed by atoms with Gasteiger partial charge in [0.15, 0.2) is 0 Å². The molecule has 0 spiro atoms. The Morgan fingerprint density at radius 1 is 1.57 bits per heavy atom. The topological polar surface area (TPSA) is 71.5 Å². The van der Waals surface area contributed by atoms with Crippen molar-refractivity contribution in [1.29, 1.82) is 0 Å². The maximum Gasteiger partial charge on any atom is 0.225 e. The number of pyridine rings is 1. The van der Waals surface area contributed by atoms with Crippen LogP contribution in [0.3, 0.4) is 0 Å². The van der Waals surface area contributed by atoms with Gasteiger partial charge < -0.3 is 15.0 Å². The highest BCUT2D eigenvalue weighted by molar-refractivity contribution is 5.89. The van der Waals surface area contributed by atoms with Gasteiger partial charge in [-0.1, -0.05) is 6.07 Å². The van der Waals surface area contributed by atoms with Crippen LogP contribution in [0.4, 0.5) is 0 Å². The van der Waals surface area contributed by atoms with E-state index in [2.05, 4.69) is 10.3 Å². The van der Waals surface area contributed by atoms with Gasteiger partial charge in [-0.25, -0.2) is 0 Å². The fourth-order valence-corrected chi connectivity index (χ4v) is 2.39. The maximum absolute atomic E-state index is 12.0. The zero-order valence-corrected chi connectivity index (χ0v) is 12.2. The molecule has 1 aromatic heterocycles. The molecule has 0 radical (unpaired) electrons. The molecule has 1 aliphatic rings. The van der Waals surface area contributed by atoms with Gasteiger partial charge in [-0.15, -0.1) is 0 Å². The van der Waals surface area contributed by atoms with Crippen LogP contribution in [0.2, 0.25) is 0 Å². The summed E-state index contributed by atoms with van der Waals surface area (Å²) >= 11 is 0. The summed E-state index contributed by atoms with van der Waals surface area (Å²) in [5.74, 6) is -0.277. The third kappa shape index (κ3) is 4.53. The van der Waals surface area contributed by atoms with Gasteiger partial charge in [0, 0.05) is 52.2 Å². The van der Waals surface area contributed by atoms with Crippen molar-refractivity contribution in [2.75, 3.05) is 26.8 Å². The number of carbonyl (C=O) groups excluding carboxylic acids is 2. The number of carbonyl (C=O) groups is 2. The Hall–Kier alpha value is -1.95. The highest BCUT2D eigenvalue weighted by Crippen LogP contribution is 2.20. The van der Waals surface area contributed by atoms with E-state index in [4.69, 9.17) is 4.74 Å². The molecule has 1 atom stereocenters. The van der Waals surface area contributed by atoms with E-state index in [1.165, 1.54) is 0 Å². The monoisotopic (exact) mass is 291 g/mol. The Kier molecular flexibility index (Phi) is 5.68. The molecule has 0 bridgehead atoms. The minimum Gasteiger partial charge on any atom is -0.385 e. The summed E-state index contributed by atoms with van der Waals surface area (Å²) in [6.45, 7) is 2.20. The standard InChI is InChI=1S/C15H21N3O3/c1-21-7-3-6-17-15(20)13-8-14(19)18(11-13)10-12-4-2-5-16-9-12/h2,4-5,9,13H,3,6-8,10-11H2,1H3,(H,17,20). The lowest BCUT2D eigenvalue weighted by molar-refractivity contribution is -0.129. The molecule has 1 N–H and O–H groups in total. The number of amides is 2. The number of ether oxygens (including phenoxy) is 1. The van der Waals surface area contributed by atoms with E-state index in [-0.39, 0.29) is 24.2 Å². The first-order valence-electron chi connectivity index (χ1n) is 7.14. The van der Waals surface area contributed by atoms with Crippen LogP contribution in [-0.2, 0) is 20.9 Å². The number of hydrogen-bond donors (Lipinski definition) is 1. The molecule has 1 aromatic rings. The zero-order chi connectivity index (χ0) is 15.1. The Morgan fingerprint density at radius 2 is 2.43 bits per heavy atom. The molecule has 1 aliphatic heterocycles. The van der Waals surface area contributed by atoms with Crippen LogP contribution in [-0.4, -0.2) is 48.5 Å². The van der Waals surface area contributed by atoms with Gasteiger partial charge in [0.1, 0.15) is 0 Å². The van der Waals surface area contributed by atoms with Crippen LogP contribution in [0.1, 0.15) is 18.4 Å². The summed E-state index contributed by atoms with van der Waals surface area (Å²) in [7, 11) is 1.63. The molecular formula is C15H21N3O3. The second-order valence-corrected chi connectivity index (χ2v) is 5.17. The highest BCUT2D eigenvalue weighted by Gasteiger charge is 2.33. The molecule has 1 unspecified atom stereocenters. The summed E-state index contributed by atoms with van der Waals surface area (Å²) in [5.41, 5.74) is 0.979. The smallest absolute Gasteiger partial charge is 0.225 e. The molecule has 21 heavy (non-hydrogen) atoms. The van der Waals surface area contributed by atoms with E-state index < -0.39 is 0 Å². The SMILES string of the molecule is COCCCNC(=O)C1CC(=O)N(Cc2cccnc2)C1. The lowest BCUT2D eigenvalue weighted by Gasteiger charge is -2.16. The van der Waals surface area contributed by atoms with Gasteiger partial charge in [0.05, 0.1) is 5.92 Å². The van der Waals surface area contributed by atoms with Crippen molar-refractivity contribution in [3.8, 4) is 0 Å². The molecule has 1 saturated heterocycles. The number of nitrogens with one attached hydrogen (secondary N) is 1. The average Bonchev–Trinajstić information content (AvgIpc) is 2.86. The van der Waals surface area contributed by atoms with Crippen molar-refractivity contribution in [2.24, 2.45) is 5.92 Å². The molecule has 2 amide bonds. The molecule has 6 heteroatoms. The Morgan fingerprint density at radius 3 is 3.14 bits per heavy atom. The van der Waals surface area contributed by atoms with E-state index >= 15 is 0 Å². The van der Waals surface area contributed by atoms with Crippen molar-refractivity contribution in [1.82, 2.24) is 15.2 Å². The second kappa shape index (κ2) is 7.73. The lowest BCUT2D eigenvalue weighted by Crippen LogP contribution is -2.33. The first-order valence-corrected chi connectivity index (χ1v) is 7.14. The Bertz CT molecular complexity index is 478. The molecule has 114 valence electrons. The predicted molar refractivity (Wildman–Crippen MR) is 77.3 cm³/mol. The second-order valence-electron chi connectivity index (χ2n) is 5.17. The van der Waals surface area contributed by atoms with Gasteiger partial charge in [-0.2, -0.15) is 0 Å². The van der Waals surface area contributed by atoms with E-state index in [9.17, 15) is 9.59 Å². The van der Waals surface area contributed by atoms with Crippen molar-refractivity contribution in [2.45, 2.75) is 19.4 Å². The minimum atomic E-state index is -0.253. The van der Waals surface area contributed by atoms with E-state index in [1.54, 1.807) is 24.4 Å². The maximum atomic E-state index is 12.0. The number of aromatic nitrogens is 1. The highest BCUT2D eigenvalue weighted by atomic mass is 16.5. The molecule has 2 heterocycles. The van der Waals surface area contributed by atoms with Crippen LogP contribution in [0, 0.1) is 5.92 Å². The van der Waals surface area contributed by atoms with E-state index in [0.29, 0.717) is 26.2 Å². The summed E-state index contributed by atoms with van der Waals surface area (Å²) in [6, 6.07) is 3.77. The number of rotatable bonds is 7. The first-order chi connectivity index (χ1) is 10.2. The number of likely N-dealkylation sites (tertiary alicyclic amines) is 1. The fourth-order valence-electron chi connectivity index (χ4n) is 2.39. The normalized spacial score (nSPS) is 18.0. The summed E-state index contributed by atoms with van der Waals surface area (Å²) in [4.78, 5) is 29.7. The molecule has 0 aromatic carbocycles. The van der Waals surface area contributed by atoms with E-state index in [0.717, 1.165) is 12.0 Å². The van der Waals surface area contributed by atoms with Crippen molar-refractivity contribution in [3.63, 3.8) is 0 Å². The predicted octanol–water partition coefficient (Wildman–Crippen LogP) is 0.583. The van der Waals surface area contributed by atoms with Crippen molar-refractivity contribution >= 4 is 11.8 Å². The first kappa shape index (κ1) is 15.4. The Balaban J connectivity index is 1.80. The fraction of sp³-hybridized carbons (Fsp3) is 0.533. The molecule has 1 fully saturated rings. The van der Waals surface area contributed by atoms with Crippen LogP contribution >= 0.6 is 0 Å². The van der Waals surface area contributed by atoms with Gasteiger partial charge in [-0.05, 0) is 18.1 Å². The molecule has 0 saturated carbocycles. The average molecular weight is 291 g/mol. The van der Waals surface area contributed by atoms with Crippen LogP contribution in [0.5, 0.6) is 0 Å². The minimum absolute atomic E-state index is 0.0240. The molecular weight excluding hydrogens is 270 g/mol. The van der Waals surface area contributed by atoms with Crippen molar-refractivity contribution < 1.29 is 14.3 Å². The third-order valence-corrected chi connectivity index (χ3v) is 3.51. The van der Waals surface area contributed by atoms with Crippen LogP contribution < -0.4 is 5.32 Å². The van der Waals surface area contributed by atoms with E-state index in [1.807, 2.05) is 12.1 Å². The van der Waals surface area contributed by atoms with Gasteiger partial charge in [-0.3, -0.25) is 14.6 Å². The zero-order valence-electron chi connectivity index (χ0n) is 12.2. The van der Waals surface area contributed by atoms with Gasteiger partial charge in [0.2, 0.25) is 11.8 Å². The summed E-state index contributed by atoms with van der Waals surface area (Å²) in [6.07, 6.45) is 4.51. The molecule has 6 nitrogen and oxygen atoms in total. The van der Waals surface area contributed by atoms with Crippen LogP contribution in [0.15, 0.2) is 24.5 Å². The van der Waals surface area contributed by atoms with Gasteiger partial charge in [0.25, 0.3) is 0 Å². The lowest BCUT2D eigenvalue weighted by atomic mass is 10.1. The quantitative estimate of drug-likeness (QED) is 0.746. The number of methoxy groups -OCH3 is 1. The summed E-state index contributed by atoms with van der Waals surface area (Å²) < 4.78 is 4.93. The number of nitrogens with zero attached hydrogens (tertiary/aromatic N) is 2. The van der Waals surface area contributed by atoms with Crippen molar-refractivity contribution in [3.05, 3.63) is 30.1 Å². The molecule has 0 aliphatic carbocycles. The number of hydrogen-bond acceptors (Lipinski definition) is 4. The summed E-state index contributed by atoms with van der Waals surface area (Å²) in [5, 5.41) is 2.85. The Labute approximate surface area is 124 Å².